The van der Waals surface area contributed by atoms with Crippen molar-refractivity contribution in [1.29, 1.82) is 0 Å². The summed E-state index contributed by atoms with van der Waals surface area (Å²) in [7, 11) is 1.82. The van der Waals surface area contributed by atoms with Crippen LogP contribution in [0, 0.1) is 0 Å². The van der Waals surface area contributed by atoms with E-state index in [1.165, 1.54) is 5.56 Å². The van der Waals surface area contributed by atoms with Gasteiger partial charge in [0.2, 0.25) is 9.05 Å². The first-order chi connectivity index (χ1) is 7.29. The molecule has 0 spiro atoms. The highest BCUT2D eigenvalue weighted by atomic mass is 35.7. The fourth-order valence-electron chi connectivity index (χ4n) is 1.50. The van der Waals surface area contributed by atoms with Crippen molar-refractivity contribution in [3.63, 3.8) is 0 Å². The molecule has 0 aliphatic heterocycles. The highest BCUT2D eigenvalue weighted by Gasteiger charge is 2.34. The Labute approximate surface area is 102 Å². The van der Waals surface area contributed by atoms with E-state index in [0.717, 1.165) is 18.4 Å². The summed E-state index contributed by atoms with van der Waals surface area (Å²) in [5.74, 6) is 0. The maximum absolute atomic E-state index is 11.4. The third-order valence-corrected chi connectivity index (χ3v) is 5.41. The summed E-state index contributed by atoms with van der Waals surface area (Å²) in [6.45, 7) is 5.34. The molecule has 0 heterocycles. The Bertz CT molecular complexity index is 446. The summed E-state index contributed by atoms with van der Waals surface area (Å²) in [6.07, 6.45) is 2.09. The fraction of sp³-hybridized carbons (Fsp3) is 0.500. The first-order valence-electron chi connectivity index (χ1n) is 5.32. The second-order valence-corrected chi connectivity index (χ2v) is 7.51. The lowest BCUT2D eigenvalue weighted by Crippen LogP contribution is -2.24. The van der Waals surface area contributed by atoms with Gasteiger partial charge in [-0.25, -0.2) is 8.42 Å². The smallest absolute Gasteiger partial charge is 0.211 e. The molecule has 0 fully saturated rings. The molecule has 0 aliphatic carbocycles. The molecule has 0 atom stereocenters. The number of rotatable bonds is 4. The molecule has 0 saturated carbocycles. The van der Waals surface area contributed by atoms with Gasteiger partial charge in [0, 0.05) is 10.7 Å². The van der Waals surface area contributed by atoms with Crippen LogP contribution < -0.4 is 0 Å². The van der Waals surface area contributed by atoms with E-state index in [-0.39, 0.29) is 0 Å². The Morgan fingerprint density at radius 1 is 1.19 bits per heavy atom. The molecule has 2 nitrogen and oxygen atoms in total. The van der Waals surface area contributed by atoms with Gasteiger partial charge in [0.1, 0.15) is 4.75 Å². The van der Waals surface area contributed by atoms with E-state index in [4.69, 9.17) is 10.7 Å². The van der Waals surface area contributed by atoms with Gasteiger partial charge in [-0.05, 0) is 31.4 Å². The van der Waals surface area contributed by atoms with Crippen LogP contribution in [-0.4, -0.2) is 8.42 Å². The number of hydrogen-bond donors (Lipinski definition) is 0. The number of benzene rings is 1. The number of halogens is 1. The number of aryl methyl sites for hydroxylation is 1. The zero-order chi connectivity index (χ0) is 12.4. The van der Waals surface area contributed by atoms with E-state index in [0.29, 0.717) is 0 Å². The summed E-state index contributed by atoms with van der Waals surface area (Å²) < 4.78 is 21.8. The minimum absolute atomic E-state index is 0.724. The molecule has 90 valence electrons. The molecular weight excluding hydrogens is 244 g/mol. The third kappa shape index (κ3) is 2.77. The van der Waals surface area contributed by atoms with Crippen molar-refractivity contribution in [1.82, 2.24) is 0 Å². The third-order valence-electron chi connectivity index (χ3n) is 2.80. The lowest BCUT2D eigenvalue weighted by molar-refractivity contribution is 0.570. The van der Waals surface area contributed by atoms with Crippen LogP contribution in [0.5, 0.6) is 0 Å². The number of hydrogen-bond acceptors (Lipinski definition) is 2. The highest BCUT2D eigenvalue weighted by Crippen LogP contribution is 2.32. The summed E-state index contributed by atoms with van der Waals surface area (Å²) in [5.41, 5.74) is 1.94. The molecule has 0 N–H and O–H groups in total. The van der Waals surface area contributed by atoms with Gasteiger partial charge in [0.25, 0.3) is 0 Å². The van der Waals surface area contributed by atoms with E-state index in [1.54, 1.807) is 13.8 Å². The lowest BCUT2D eigenvalue weighted by atomic mass is 9.99. The van der Waals surface area contributed by atoms with Crippen LogP contribution in [0.4, 0.5) is 0 Å². The molecule has 0 amide bonds. The molecule has 0 bridgehead atoms. The molecule has 0 radical (unpaired) electrons. The molecule has 0 aliphatic rings. The van der Waals surface area contributed by atoms with Crippen molar-refractivity contribution < 1.29 is 8.42 Å². The Kier molecular flexibility index (Phi) is 4.02. The fourth-order valence-corrected chi connectivity index (χ4v) is 2.19. The van der Waals surface area contributed by atoms with Crippen LogP contribution in [0.2, 0.25) is 0 Å². The van der Waals surface area contributed by atoms with Crippen molar-refractivity contribution in [3.8, 4) is 0 Å². The highest BCUT2D eigenvalue weighted by molar-refractivity contribution is 8.14. The maximum atomic E-state index is 11.4. The Balaban J connectivity index is 3.07. The first-order valence-corrected chi connectivity index (χ1v) is 7.63. The molecular formula is C12H17ClO2S. The molecule has 4 heteroatoms. The van der Waals surface area contributed by atoms with E-state index < -0.39 is 13.8 Å². The summed E-state index contributed by atoms with van der Waals surface area (Å²) in [5, 5.41) is 0. The maximum Gasteiger partial charge on any atom is 0.241 e. The summed E-state index contributed by atoms with van der Waals surface area (Å²) >= 11 is 0. The molecule has 1 rings (SSSR count). The van der Waals surface area contributed by atoms with Gasteiger partial charge in [-0.3, -0.25) is 0 Å². The monoisotopic (exact) mass is 260 g/mol. The predicted octanol–water partition coefficient (Wildman–Crippen LogP) is 3.44. The van der Waals surface area contributed by atoms with Crippen molar-refractivity contribution in [2.45, 2.75) is 38.4 Å². The zero-order valence-corrected chi connectivity index (χ0v) is 11.4. The Morgan fingerprint density at radius 3 is 2.06 bits per heavy atom. The first kappa shape index (κ1) is 13.5. The second kappa shape index (κ2) is 4.76. The Morgan fingerprint density at radius 2 is 1.69 bits per heavy atom. The van der Waals surface area contributed by atoms with E-state index in [1.807, 2.05) is 24.3 Å². The molecule has 0 unspecified atom stereocenters. The van der Waals surface area contributed by atoms with Crippen LogP contribution in [0.1, 0.15) is 38.3 Å². The van der Waals surface area contributed by atoms with Crippen molar-refractivity contribution in [3.05, 3.63) is 35.4 Å². The average Bonchev–Trinajstić information content (AvgIpc) is 2.17. The summed E-state index contributed by atoms with van der Waals surface area (Å²) in [4.78, 5) is 0. The second-order valence-electron chi connectivity index (χ2n) is 4.40. The van der Waals surface area contributed by atoms with Gasteiger partial charge in [-0.1, -0.05) is 37.6 Å². The molecule has 16 heavy (non-hydrogen) atoms. The largest absolute Gasteiger partial charge is 0.241 e. The van der Waals surface area contributed by atoms with Crippen LogP contribution in [0.15, 0.2) is 24.3 Å². The van der Waals surface area contributed by atoms with E-state index in [2.05, 4.69) is 6.92 Å². The van der Waals surface area contributed by atoms with Crippen LogP contribution in [0.25, 0.3) is 0 Å². The molecule has 1 aromatic rings. The topological polar surface area (TPSA) is 34.1 Å². The normalized spacial score (nSPS) is 12.8. The minimum Gasteiger partial charge on any atom is -0.211 e. The summed E-state index contributed by atoms with van der Waals surface area (Å²) in [6, 6.07) is 7.60. The quantitative estimate of drug-likeness (QED) is 0.777. The zero-order valence-electron chi connectivity index (χ0n) is 9.83. The molecule has 0 saturated heterocycles. The SMILES string of the molecule is CCCc1ccc(C(C)(C)S(=O)(=O)Cl)cc1. The van der Waals surface area contributed by atoms with Crippen molar-refractivity contribution in [2.75, 3.05) is 0 Å². The molecule has 0 aromatic heterocycles. The minimum atomic E-state index is -3.61. The van der Waals surface area contributed by atoms with Crippen LogP contribution >= 0.6 is 10.7 Å². The van der Waals surface area contributed by atoms with Gasteiger partial charge in [0.05, 0.1) is 0 Å². The van der Waals surface area contributed by atoms with Gasteiger partial charge in [0.15, 0.2) is 0 Å². The van der Waals surface area contributed by atoms with Gasteiger partial charge < -0.3 is 0 Å². The van der Waals surface area contributed by atoms with Crippen LogP contribution in [-0.2, 0) is 20.2 Å². The average molecular weight is 261 g/mol. The van der Waals surface area contributed by atoms with Crippen LogP contribution in [0.3, 0.4) is 0 Å². The van der Waals surface area contributed by atoms with Crippen molar-refractivity contribution in [2.24, 2.45) is 0 Å². The molecule has 1 aromatic carbocycles. The predicted molar refractivity (Wildman–Crippen MR) is 68.2 cm³/mol. The van der Waals surface area contributed by atoms with E-state index >= 15 is 0 Å². The standard InChI is InChI=1S/C12H17ClO2S/c1-4-5-10-6-8-11(9-7-10)12(2,3)16(13,14)15/h6-9H,4-5H2,1-3H3. The lowest BCUT2D eigenvalue weighted by Gasteiger charge is -2.21. The van der Waals surface area contributed by atoms with E-state index in [9.17, 15) is 8.42 Å². The van der Waals surface area contributed by atoms with Gasteiger partial charge in [-0.2, -0.15) is 0 Å². The Hall–Kier alpha value is -0.540. The van der Waals surface area contributed by atoms with Gasteiger partial charge >= 0.3 is 0 Å². The van der Waals surface area contributed by atoms with Crippen molar-refractivity contribution >= 4 is 19.7 Å². The van der Waals surface area contributed by atoms with Gasteiger partial charge in [-0.15, -0.1) is 0 Å².